The summed E-state index contributed by atoms with van der Waals surface area (Å²) in [6.07, 6.45) is 3.34. The highest BCUT2D eigenvalue weighted by Crippen LogP contribution is 2.27. The molecule has 4 nitrogen and oxygen atoms in total. The molecule has 2 N–H and O–H groups in total. The van der Waals surface area contributed by atoms with Gasteiger partial charge in [0, 0.05) is 31.2 Å². The van der Waals surface area contributed by atoms with Crippen molar-refractivity contribution in [3.63, 3.8) is 0 Å². The third-order valence-corrected chi connectivity index (χ3v) is 3.81. The number of aromatic amines is 1. The van der Waals surface area contributed by atoms with Crippen molar-refractivity contribution in [2.75, 3.05) is 33.3 Å². The lowest BCUT2D eigenvalue weighted by atomic mass is 10.1. The van der Waals surface area contributed by atoms with Crippen LogP contribution in [0.2, 0.25) is 0 Å². The Morgan fingerprint density at radius 3 is 3.11 bits per heavy atom. The van der Waals surface area contributed by atoms with E-state index >= 15 is 0 Å². The topological polar surface area (TPSA) is 40.3 Å². The lowest BCUT2D eigenvalue weighted by Gasteiger charge is -2.18. The number of nitrogens with one attached hydrogen (secondary N) is 2. The molecule has 3 rings (SSSR count). The van der Waals surface area contributed by atoms with Gasteiger partial charge in [0.05, 0.1) is 12.6 Å². The van der Waals surface area contributed by atoms with Gasteiger partial charge in [-0.1, -0.05) is 12.1 Å². The van der Waals surface area contributed by atoms with E-state index in [2.05, 4.69) is 33.5 Å². The molecule has 1 saturated heterocycles. The van der Waals surface area contributed by atoms with E-state index in [1.54, 1.807) is 7.11 Å². The van der Waals surface area contributed by atoms with Crippen LogP contribution in [0.3, 0.4) is 0 Å². The van der Waals surface area contributed by atoms with E-state index in [-0.39, 0.29) is 0 Å². The third kappa shape index (κ3) is 2.60. The quantitative estimate of drug-likeness (QED) is 0.885. The van der Waals surface area contributed by atoms with Crippen LogP contribution in [0.4, 0.5) is 0 Å². The first kappa shape index (κ1) is 12.5. The largest absolute Gasteiger partial charge is 0.495 e. The molecule has 1 aromatic carbocycles. The number of fused-ring (bicyclic) bond motifs is 1. The summed E-state index contributed by atoms with van der Waals surface area (Å²) in [5.74, 6) is 0.918. The van der Waals surface area contributed by atoms with Gasteiger partial charge in [-0.25, -0.2) is 0 Å². The Kier molecular flexibility index (Phi) is 3.71. The zero-order chi connectivity index (χ0) is 13.1. The van der Waals surface area contributed by atoms with Crippen molar-refractivity contribution in [3.8, 4) is 5.75 Å². The van der Waals surface area contributed by atoms with E-state index in [1.165, 1.54) is 23.9 Å². The van der Waals surface area contributed by atoms with Gasteiger partial charge in [-0.15, -0.1) is 0 Å². The molecule has 102 valence electrons. The summed E-state index contributed by atoms with van der Waals surface area (Å²) < 4.78 is 5.40. The van der Waals surface area contributed by atoms with Gasteiger partial charge in [0.15, 0.2) is 0 Å². The number of hydrogen-bond donors (Lipinski definition) is 2. The lowest BCUT2D eigenvalue weighted by molar-refractivity contribution is 0.285. The Labute approximate surface area is 113 Å². The normalized spacial score (nSPS) is 17.5. The molecule has 0 bridgehead atoms. The smallest absolute Gasteiger partial charge is 0.142 e. The Balaban J connectivity index is 1.84. The minimum absolute atomic E-state index is 0.918. The summed E-state index contributed by atoms with van der Waals surface area (Å²) in [5.41, 5.74) is 2.46. The molecule has 0 spiro atoms. The molecular weight excluding hydrogens is 238 g/mol. The highest BCUT2D eigenvalue weighted by Gasteiger charge is 2.13. The molecule has 0 amide bonds. The van der Waals surface area contributed by atoms with Crippen molar-refractivity contribution in [2.24, 2.45) is 0 Å². The van der Waals surface area contributed by atoms with Crippen molar-refractivity contribution < 1.29 is 4.74 Å². The first-order valence-electron chi connectivity index (χ1n) is 6.94. The van der Waals surface area contributed by atoms with Gasteiger partial charge in [-0.2, -0.15) is 0 Å². The van der Waals surface area contributed by atoms with Crippen LogP contribution in [0.5, 0.6) is 5.75 Å². The number of ether oxygens (including phenoxy) is 1. The second-order valence-corrected chi connectivity index (χ2v) is 5.08. The summed E-state index contributed by atoms with van der Waals surface area (Å²) >= 11 is 0. The van der Waals surface area contributed by atoms with Crippen LogP contribution in [0.1, 0.15) is 12.0 Å². The predicted molar refractivity (Wildman–Crippen MR) is 77.6 cm³/mol. The van der Waals surface area contributed by atoms with Crippen molar-refractivity contribution in [1.29, 1.82) is 0 Å². The minimum atomic E-state index is 0.918. The summed E-state index contributed by atoms with van der Waals surface area (Å²) in [4.78, 5) is 5.86. The molecule has 0 unspecified atom stereocenters. The van der Waals surface area contributed by atoms with Crippen LogP contribution < -0.4 is 10.1 Å². The Morgan fingerprint density at radius 2 is 2.21 bits per heavy atom. The molecule has 1 aliphatic rings. The molecular formula is C15H21N3O. The number of H-pyrrole nitrogens is 1. The summed E-state index contributed by atoms with van der Waals surface area (Å²) in [7, 11) is 1.72. The number of benzene rings is 1. The van der Waals surface area contributed by atoms with Gasteiger partial charge in [0.2, 0.25) is 0 Å². The van der Waals surface area contributed by atoms with Crippen LogP contribution in [-0.4, -0.2) is 43.2 Å². The molecule has 2 heterocycles. The summed E-state index contributed by atoms with van der Waals surface area (Å²) in [6, 6.07) is 6.22. The first-order valence-corrected chi connectivity index (χ1v) is 6.94. The summed E-state index contributed by atoms with van der Waals surface area (Å²) in [5, 5.41) is 4.72. The van der Waals surface area contributed by atoms with Crippen molar-refractivity contribution in [1.82, 2.24) is 15.2 Å². The predicted octanol–water partition coefficient (Wildman–Crippen LogP) is 1.97. The van der Waals surface area contributed by atoms with Gasteiger partial charge in [0.1, 0.15) is 5.75 Å². The molecule has 0 atom stereocenters. The minimum Gasteiger partial charge on any atom is -0.495 e. The first-order chi connectivity index (χ1) is 9.38. The molecule has 0 aliphatic carbocycles. The van der Waals surface area contributed by atoms with Gasteiger partial charge in [-0.3, -0.25) is 4.90 Å². The zero-order valence-corrected chi connectivity index (χ0v) is 11.4. The van der Waals surface area contributed by atoms with Gasteiger partial charge < -0.3 is 15.0 Å². The number of hydrogen-bond acceptors (Lipinski definition) is 3. The number of para-hydroxylation sites is 1. The monoisotopic (exact) mass is 259 g/mol. The maximum Gasteiger partial charge on any atom is 0.142 e. The molecule has 1 fully saturated rings. The highest BCUT2D eigenvalue weighted by molar-refractivity contribution is 5.88. The number of methoxy groups -OCH3 is 1. The van der Waals surface area contributed by atoms with Crippen molar-refractivity contribution >= 4 is 10.9 Å². The molecule has 4 heteroatoms. The molecule has 0 radical (unpaired) electrons. The van der Waals surface area contributed by atoms with Gasteiger partial charge in [0.25, 0.3) is 0 Å². The second kappa shape index (κ2) is 5.63. The standard InChI is InChI=1S/C15H21N3O/c1-19-14-5-2-4-13-12(10-17-15(13)14)11-18-8-3-6-16-7-9-18/h2,4-5,10,16-17H,3,6-9,11H2,1H3. The fourth-order valence-electron chi connectivity index (χ4n) is 2.79. The molecule has 2 aromatic rings. The van der Waals surface area contributed by atoms with Crippen LogP contribution >= 0.6 is 0 Å². The average Bonchev–Trinajstić information content (AvgIpc) is 2.68. The van der Waals surface area contributed by atoms with Crippen LogP contribution in [-0.2, 0) is 6.54 Å². The number of nitrogens with zero attached hydrogens (tertiary/aromatic N) is 1. The van der Waals surface area contributed by atoms with E-state index in [4.69, 9.17) is 4.74 Å². The Bertz CT molecular complexity index is 541. The van der Waals surface area contributed by atoms with E-state index in [1.807, 2.05) is 6.07 Å². The maximum absolute atomic E-state index is 5.40. The fourth-order valence-corrected chi connectivity index (χ4v) is 2.79. The fraction of sp³-hybridized carbons (Fsp3) is 0.467. The summed E-state index contributed by atoms with van der Waals surface area (Å²) in [6.45, 7) is 5.53. The second-order valence-electron chi connectivity index (χ2n) is 5.08. The van der Waals surface area contributed by atoms with Gasteiger partial charge >= 0.3 is 0 Å². The van der Waals surface area contributed by atoms with E-state index in [9.17, 15) is 0 Å². The molecule has 1 aromatic heterocycles. The van der Waals surface area contributed by atoms with Crippen molar-refractivity contribution in [3.05, 3.63) is 30.0 Å². The number of rotatable bonds is 3. The molecule has 19 heavy (non-hydrogen) atoms. The van der Waals surface area contributed by atoms with Gasteiger partial charge in [-0.05, 0) is 31.1 Å². The average molecular weight is 259 g/mol. The van der Waals surface area contributed by atoms with Crippen LogP contribution in [0, 0.1) is 0 Å². The van der Waals surface area contributed by atoms with Crippen LogP contribution in [0.25, 0.3) is 10.9 Å². The van der Waals surface area contributed by atoms with Crippen LogP contribution in [0.15, 0.2) is 24.4 Å². The highest BCUT2D eigenvalue weighted by atomic mass is 16.5. The van der Waals surface area contributed by atoms with E-state index in [0.29, 0.717) is 0 Å². The Morgan fingerprint density at radius 1 is 1.26 bits per heavy atom. The van der Waals surface area contributed by atoms with Crippen molar-refractivity contribution in [2.45, 2.75) is 13.0 Å². The molecule has 1 aliphatic heterocycles. The Hall–Kier alpha value is -1.52. The SMILES string of the molecule is COc1cccc2c(CN3CCCNCC3)c[nH]c12. The zero-order valence-electron chi connectivity index (χ0n) is 11.4. The maximum atomic E-state index is 5.40. The van der Waals surface area contributed by atoms with E-state index in [0.717, 1.165) is 37.4 Å². The molecule has 0 saturated carbocycles. The number of aromatic nitrogens is 1. The lowest BCUT2D eigenvalue weighted by Crippen LogP contribution is -2.27. The third-order valence-electron chi connectivity index (χ3n) is 3.81. The van der Waals surface area contributed by atoms with E-state index < -0.39 is 0 Å².